The molecule has 0 unspecified atom stereocenters. The number of carbonyl (C=O) groups excluding carboxylic acids is 1. The number of phenolic OH excluding ortho intramolecular Hbond substituents is 1. The molecule has 0 aromatic heterocycles. The number of hydrogen-bond donors (Lipinski definition) is 2. The lowest BCUT2D eigenvalue weighted by atomic mass is 10.2. The van der Waals surface area contributed by atoms with Crippen molar-refractivity contribution in [1.82, 2.24) is 4.90 Å². The molecular formula is C17H18FN3O2. The summed E-state index contributed by atoms with van der Waals surface area (Å²) in [6.07, 6.45) is 0. The number of para-hydroxylation sites is 2. The molecule has 2 N–H and O–H groups in total. The number of halogens is 1. The van der Waals surface area contributed by atoms with Gasteiger partial charge in [0.15, 0.2) is 0 Å². The highest BCUT2D eigenvalue weighted by Gasteiger charge is 2.22. The third-order valence-electron chi connectivity index (χ3n) is 3.87. The number of amides is 2. The first-order chi connectivity index (χ1) is 11.1. The van der Waals surface area contributed by atoms with Gasteiger partial charge in [-0.1, -0.05) is 18.2 Å². The van der Waals surface area contributed by atoms with Gasteiger partial charge in [0.25, 0.3) is 0 Å². The normalized spacial score (nSPS) is 14.7. The van der Waals surface area contributed by atoms with E-state index in [1.165, 1.54) is 12.1 Å². The second-order valence-corrected chi connectivity index (χ2v) is 5.40. The van der Waals surface area contributed by atoms with Gasteiger partial charge in [-0.25, -0.2) is 9.18 Å². The van der Waals surface area contributed by atoms with Crippen LogP contribution in [0.5, 0.6) is 5.75 Å². The van der Waals surface area contributed by atoms with Crippen molar-refractivity contribution >= 4 is 17.4 Å². The van der Waals surface area contributed by atoms with Crippen molar-refractivity contribution < 1.29 is 14.3 Å². The molecule has 0 spiro atoms. The van der Waals surface area contributed by atoms with Gasteiger partial charge in [0.2, 0.25) is 0 Å². The number of rotatable bonds is 2. The molecule has 2 amide bonds. The topological polar surface area (TPSA) is 55.8 Å². The van der Waals surface area contributed by atoms with Gasteiger partial charge in [-0.3, -0.25) is 0 Å². The van der Waals surface area contributed by atoms with Crippen molar-refractivity contribution in [2.24, 2.45) is 0 Å². The summed E-state index contributed by atoms with van der Waals surface area (Å²) in [5.41, 5.74) is 1.22. The van der Waals surface area contributed by atoms with Crippen LogP contribution in [0.25, 0.3) is 0 Å². The van der Waals surface area contributed by atoms with Gasteiger partial charge in [-0.15, -0.1) is 0 Å². The monoisotopic (exact) mass is 315 g/mol. The molecule has 1 saturated heterocycles. The van der Waals surface area contributed by atoms with E-state index in [0.717, 1.165) is 5.69 Å². The molecule has 1 aliphatic heterocycles. The Bertz CT molecular complexity index is 700. The van der Waals surface area contributed by atoms with E-state index in [-0.39, 0.29) is 17.6 Å². The molecule has 0 aliphatic carbocycles. The summed E-state index contributed by atoms with van der Waals surface area (Å²) in [5.74, 6) is -0.141. The Labute approximate surface area is 133 Å². The van der Waals surface area contributed by atoms with Gasteiger partial charge >= 0.3 is 6.03 Å². The second-order valence-electron chi connectivity index (χ2n) is 5.40. The SMILES string of the molecule is O=C(Nc1cccc(F)c1)N1CCN(c2ccccc2O)CC1. The zero-order valence-corrected chi connectivity index (χ0v) is 12.6. The van der Waals surface area contributed by atoms with Gasteiger partial charge in [-0.2, -0.15) is 0 Å². The predicted octanol–water partition coefficient (Wildman–Crippen LogP) is 2.89. The Hall–Kier alpha value is -2.76. The molecule has 1 fully saturated rings. The van der Waals surface area contributed by atoms with E-state index >= 15 is 0 Å². The standard InChI is InChI=1S/C17H18FN3O2/c18-13-4-3-5-14(12-13)19-17(23)21-10-8-20(9-11-21)15-6-1-2-7-16(15)22/h1-7,12,22H,8-11H2,(H,19,23). The van der Waals surface area contributed by atoms with Crippen molar-refractivity contribution in [3.05, 3.63) is 54.3 Å². The molecule has 23 heavy (non-hydrogen) atoms. The highest BCUT2D eigenvalue weighted by molar-refractivity contribution is 5.89. The van der Waals surface area contributed by atoms with Crippen LogP contribution < -0.4 is 10.2 Å². The summed E-state index contributed by atoms with van der Waals surface area (Å²) < 4.78 is 13.1. The van der Waals surface area contributed by atoms with Crippen LogP contribution in [0, 0.1) is 5.82 Å². The van der Waals surface area contributed by atoms with Crippen LogP contribution in [0.1, 0.15) is 0 Å². The van der Waals surface area contributed by atoms with Gasteiger partial charge in [0, 0.05) is 31.9 Å². The van der Waals surface area contributed by atoms with Gasteiger partial charge in [0.05, 0.1) is 5.69 Å². The Morgan fingerprint density at radius 1 is 1.04 bits per heavy atom. The minimum Gasteiger partial charge on any atom is -0.506 e. The molecule has 0 atom stereocenters. The lowest BCUT2D eigenvalue weighted by Gasteiger charge is -2.36. The summed E-state index contributed by atoms with van der Waals surface area (Å²) in [6.45, 7) is 2.34. The highest BCUT2D eigenvalue weighted by Crippen LogP contribution is 2.27. The molecule has 0 bridgehead atoms. The maximum absolute atomic E-state index is 13.1. The lowest BCUT2D eigenvalue weighted by molar-refractivity contribution is 0.208. The number of carbonyl (C=O) groups is 1. The summed E-state index contributed by atoms with van der Waals surface area (Å²) >= 11 is 0. The molecule has 5 nitrogen and oxygen atoms in total. The van der Waals surface area contributed by atoms with Crippen molar-refractivity contribution in [2.45, 2.75) is 0 Å². The molecule has 0 saturated carbocycles. The quantitative estimate of drug-likeness (QED) is 0.896. The van der Waals surface area contributed by atoms with E-state index in [2.05, 4.69) is 5.32 Å². The molecular weight excluding hydrogens is 297 g/mol. The zero-order valence-electron chi connectivity index (χ0n) is 12.6. The van der Waals surface area contributed by atoms with Crippen molar-refractivity contribution in [3.8, 4) is 5.75 Å². The number of nitrogens with zero attached hydrogens (tertiary/aromatic N) is 2. The third kappa shape index (κ3) is 3.53. The number of urea groups is 1. The minimum atomic E-state index is -0.382. The molecule has 120 valence electrons. The average Bonchev–Trinajstić information content (AvgIpc) is 2.55. The van der Waals surface area contributed by atoms with E-state index in [1.807, 2.05) is 17.0 Å². The molecule has 2 aromatic carbocycles. The molecule has 0 radical (unpaired) electrons. The van der Waals surface area contributed by atoms with E-state index in [0.29, 0.717) is 31.9 Å². The van der Waals surface area contributed by atoms with Crippen molar-refractivity contribution in [1.29, 1.82) is 0 Å². The third-order valence-corrected chi connectivity index (χ3v) is 3.87. The van der Waals surface area contributed by atoms with Crippen LogP contribution in [0.2, 0.25) is 0 Å². The highest BCUT2D eigenvalue weighted by atomic mass is 19.1. The zero-order chi connectivity index (χ0) is 16.2. The summed E-state index contributed by atoms with van der Waals surface area (Å²) in [4.78, 5) is 15.9. The first-order valence-corrected chi connectivity index (χ1v) is 7.48. The van der Waals surface area contributed by atoms with Crippen LogP contribution in [-0.4, -0.2) is 42.2 Å². The van der Waals surface area contributed by atoms with Crippen LogP contribution in [0.3, 0.4) is 0 Å². The second kappa shape index (κ2) is 6.56. The van der Waals surface area contributed by atoms with Crippen LogP contribution in [0.4, 0.5) is 20.6 Å². The fourth-order valence-electron chi connectivity index (χ4n) is 2.65. The van der Waals surface area contributed by atoms with Crippen molar-refractivity contribution in [3.63, 3.8) is 0 Å². The van der Waals surface area contributed by atoms with Crippen LogP contribution >= 0.6 is 0 Å². The fourth-order valence-corrected chi connectivity index (χ4v) is 2.65. The number of piperazine rings is 1. The van der Waals surface area contributed by atoms with Gasteiger partial charge in [-0.05, 0) is 30.3 Å². The largest absolute Gasteiger partial charge is 0.506 e. The van der Waals surface area contributed by atoms with E-state index in [9.17, 15) is 14.3 Å². The smallest absolute Gasteiger partial charge is 0.321 e. The molecule has 3 rings (SSSR count). The molecule has 1 aliphatic rings. The summed E-state index contributed by atoms with van der Waals surface area (Å²) in [5, 5.41) is 12.6. The molecule has 6 heteroatoms. The number of phenols is 1. The van der Waals surface area contributed by atoms with Crippen LogP contribution in [0.15, 0.2) is 48.5 Å². The van der Waals surface area contributed by atoms with Crippen LogP contribution in [-0.2, 0) is 0 Å². The average molecular weight is 315 g/mol. The summed E-state index contributed by atoms with van der Waals surface area (Å²) in [6, 6.07) is 12.8. The van der Waals surface area contributed by atoms with Crippen molar-refractivity contribution in [2.75, 3.05) is 36.4 Å². The number of nitrogens with one attached hydrogen (secondary N) is 1. The molecule has 1 heterocycles. The number of aromatic hydroxyl groups is 1. The number of benzene rings is 2. The minimum absolute atomic E-state index is 0.241. The Balaban J connectivity index is 1.58. The Kier molecular flexibility index (Phi) is 4.32. The van der Waals surface area contributed by atoms with E-state index in [1.54, 1.807) is 29.2 Å². The Morgan fingerprint density at radius 2 is 1.78 bits per heavy atom. The fraction of sp³-hybridized carbons (Fsp3) is 0.235. The number of hydrogen-bond acceptors (Lipinski definition) is 3. The lowest BCUT2D eigenvalue weighted by Crippen LogP contribution is -2.50. The first kappa shape index (κ1) is 15.1. The maximum atomic E-state index is 13.1. The summed E-state index contributed by atoms with van der Waals surface area (Å²) in [7, 11) is 0. The van der Waals surface area contributed by atoms with E-state index in [4.69, 9.17) is 0 Å². The molecule has 2 aromatic rings. The van der Waals surface area contributed by atoms with Gasteiger partial charge in [0.1, 0.15) is 11.6 Å². The predicted molar refractivity (Wildman–Crippen MR) is 87.3 cm³/mol. The maximum Gasteiger partial charge on any atom is 0.321 e. The first-order valence-electron chi connectivity index (χ1n) is 7.48. The Morgan fingerprint density at radius 3 is 2.48 bits per heavy atom. The number of anilines is 2. The van der Waals surface area contributed by atoms with E-state index < -0.39 is 0 Å². The van der Waals surface area contributed by atoms with Gasteiger partial charge < -0.3 is 20.2 Å².